The van der Waals surface area contributed by atoms with Gasteiger partial charge in [0, 0.05) is 13.0 Å². The third-order valence-electron chi connectivity index (χ3n) is 1.35. The molecule has 0 unspecified atom stereocenters. The first-order chi connectivity index (χ1) is 4.88. The number of aryl methyl sites for hydroxylation is 1. The van der Waals surface area contributed by atoms with Gasteiger partial charge in [0.1, 0.15) is 12.2 Å². The van der Waals surface area contributed by atoms with Crippen LogP contribution in [0, 0.1) is 0 Å². The van der Waals surface area contributed by atoms with E-state index >= 15 is 0 Å². The van der Waals surface area contributed by atoms with E-state index < -0.39 is 0 Å². The predicted molar refractivity (Wildman–Crippen MR) is 38.5 cm³/mol. The lowest BCUT2D eigenvalue weighted by atomic mass is 10.4. The van der Waals surface area contributed by atoms with Gasteiger partial charge in [-0.1, -0.05) is 6.92 Å². The van der Waals surface area contributed by atoms with Crippen LogP contribution in [0.5, 0.6) is 0 Å². The highest BCUT2D eigenvalue weighted by molar-refractivity contribution is 4.82. The molecule has 0 spiro atoms. The molecule has 56 valence electrons. The third-order valence-corrected chi connectivity index (χ3v) is 1.35. The molecule has 0 saturated heterocycles. The van der Waals surface area contributed by atoms with Gasteiger partial charge in [0.05, 0.1) is 6.54 Å². The predicted octanol–water partition coefficient (Wildman–Crippen LogP) is -0.201. The summed E-state index contributed by atoms with van der Waals surface area (Å²) in [6, 6.07) is 0. The zero-order valence-corrected chi connectivity index (χ0v) is 6.12. The minimum atomic E-state index is 0.621. The van der Waals surface area contributed by atoms with Crippen molar-refractivity contribution < 1.29 is 0 Å². The summed E-state index contributed by atoms with van der Waals surface area (Å²) in [5, 5.41) is 4.00. The van der Waals surface area contributed by atoms with Crippen molar-refractivity contribution >= 4 is 0 Å². The quantitative estimate of drug-likeness (QED) is 0.632. The summed E-state index contributed by atoms with van der Waals surface area (Å²) in [6.07, 6.45) is 2.48. The van der Waals surface area contributed by atoms with Gasteiger partial charge >= 0.3 is 0 Å². The highest BCUT2D eigenvalue weighted by Crippen LogP contribution is 1.92. The van der Waals surface area contributed by atoms with Gasteiger partial charge in [0.2, 0.25) is 0 Å². The molecule has 0 aliphatic carbocycles. The summed E-state index contributed by atoms with van der Waals surface area (Å²) >= 11 is 0. The Labute approximate surface area is 60.1 Å². The Morgan fingerprint density at radius 1 is 1.70 bits per heavy atom. The van der Waals surface area contributed by atoms with Crippen LogP contribution in [0.15, 0.2) is 6.33 Å². The van der Waals surface area contributed by atoms with Gasteiger partial charge in [-0.25, -0.2) is 9.67 Å². The lowest BCUT2D eigenvalue weighted by molar-refractivity contribution is 0.592. The molecule has 0 aliphatic rings. The van der Waals surface area contributed by atoms with Crippen LogP contribution in [-0.2, 0) is 13.0 Å². The number of nitrogens with zero attached hydrogens (tertiary/aromatic N) is 3. The average molecular weight is 140 g/mol. The van der Waals surface area contributed by atoms with E-state index in [1.54, 1.807) is 6.33 Å². The first kappa shape index (κ1) is 7.21. The summed E-state index contributed by atoms with van der Waals surface area (Å²) in [7, 11) is 0. The largest absolute Gasteiger partial charge is 0.329 e. The van der Waals surface area contributed by atoms with Crippen molar-refractivity contribution in [3.63, 3.8) is 0 Å². The van der Waals surface area contributed by atoms with E-state index in [-0.39, 0.29) is 0 Å². The van der Waals surface area contributed by atoms with Crippen molar-refractivity contribution in [2.75, 3.05) is 6.54 Å². The number of aromatic nitrogens is 3. The van der Waals surface area contributed by atoms with Gasteiger partial charge in [0.15, 0.2) is 0 Å². The van der Waals surface area contributed by atoms with Gasteiger partial charge in [-0.3, -0.25) is 0 Å². The number of hydrogen-bond donors (Lipinski definition) is 1. The number of nitrogens with two attached hydrogens (primary N) is 1. The minimum Gasteiger partial charge on any atom is -0.329 e. The summed E-state index contributed by atoms with van der Waals surface area (Å²) in [5.74, 6) is 1.01. The highest BCUT2D eigenvalue weighted by Gasteiger charge is 1.97. The monoisotopic (exact) mass is 140 g/mol. The van der Waals surface area contributed by atoms with Crippen molar-refractivity contribution in [2.24, 2.45) is 5.73 Å². The lowest BCUT2D eigenvalue weighted by Gasteiger charge is -1.99. The molecule has 4 heteroatoms. The maximum Gasteiger partial charge on any atom is 0.138 e. The molecule has 0 fully saturated rings. The van der Waals surface area contributed by atoms with Crippen molar-refractivity contribution in [1.82, 2.24) is 14.8 Å². The first-order valence-corrected chi connectivity index (χ1v) is 3.45. The third kappa shape index (κ3) is 1.33. The molecule has 0 aliphatic heterocycles. The fourth-order valence-electron chi connectivity index (χ4n) is 0.871. The van der Waals surface area contributed by atoms with Crippen molar-refractivity contribution in [1.29, 1.82) is 0 Å². The molecular formula is C6H12N4. The summed E-state index contributed by atoms with van der Waals surface area (Å²) in [4.78, 5) is 4.05. The molecule has 10 heavy (non-hydrogen) atoms. The molecule has 0 bridgehead atoms. The second-order valence-corrected chi connectivity index (χ2v) is 2.04. The van der Waals surface area contributed by atoms with Crippen molar-refractivity contribution in [2.45, 2.75) is 19.9 Å². The molecule has 0 saturated carbocycles. The molecule has 1 rings (SSSR count). The Kier molecular flexibility index (Phi) is 2.39. The van der Waals surface area contributed by atoms with Gasteiger partial charge in [-0.15, -0.1) is 0 Å². The van der Waals surface area contributed by atoms with Gasteiger partial charge < -0.3 is 5.73 Å². The Morgan fingerprint density at radius 3 is 3.10 bits per heavy atom. The van der Waals surface area contributed by atoms with E-state index in [1.165, 1.54) is 0 Å². The molecular weight excluding hydrogens is 128 g/mol. The molecule has 1 aromatic heterocycles. The zero-order chi connectivity index (χ0) is 7.40. The van der Waals surface area contributed by atoms with Crippen molar-refractivity contribution in [3.8, 4) is 0 Å². The standard InChI is InChI=1S/C6H12N4/c1-2-6-8-5-9-10(6)4-3-7/h5H,2-4,7H2,1H3. The van der Waals surface area contributed by atoms with E-state index in [9.17, 15) is 0 Å². The van der Waals surface area contributed by atoms with Crippen LogP contribution in [0.2, 0.25) is 0 Å². The van der Waals surface area contributed by atoms with E-state index in [4.69, 9.17) is 5.73 Å². The highest BCUT2D eigenvalue weighted by atomic mass is 15.3. The molecule has 0 atom stereocenters. The minimum absolute atomic E-state index is 0.621. The van der Waals surface area contributed by atoms with Crippen LogP contribution >= 0.6 is 0 Å². The second kappa shape index (κ2) is 3.31. The van der Waals surface area contributed by atoms with E-state index in [2.05, 4.69) is 17.0 Å². The first-order valence-electron chi connectivity index (χ1n) is 3.45. The van der Waals surface area contributed by atoms with Crippen LogP contribution in [0.3, 0.4) is 0 Å². The summed E-state index contributed by atoms with van der Waals surface area (Å²) in [5.41, 5.74) is 5.35. The second-order valence-electron chi connectivity index (χ2n) is 2.04. The van der Waals surface area contributed by atoms with Crippen LogP contribution in [-0.4, -0.2) is 21.3 Å². The van der Waals surface area contributed by atoms with Crippen LogP contribution in [0.25, 0.3) is 0 Å². The topological polar surface area (TPSA) is 56.7 Å². The molecule has 1 heterocycles. The van der Waals surface area contributed by atoms with Gasteiger partial charge in [-0.05, 0) is 0 Å². The van der Waals surface area contributed by atoms with E-state index in [1.807, 2.05) is 4.68 Å². The molecule has 0 amide bonds. The normalized spacial score (nSPS) is 10.2. The van der Waals surface area contributed by atoms with E-state index in [0.717, 1.165) is 18.8 Å². The SMILES string of the molecule is CCc1ncnn1CCN. The Hall–Kier alpha value is -0.900. The Morgan fingerprint density at radius 2 is 2.50 bits per heavy atom. The average Bonchev–Trinajstić information content (AvgIpc) is 2.36. The lowest BCUT2D eigenvalue weighted by Crippen LogP contribution is -2.13. The van der Waals surface area contributed by atoms with Gasteiger partial charge in [-0.2, -0.15) is 5.10 Å². The van der Waals surface area contributed by atoms with Crippen LogP contribution < -0.4 is 5.73 Å². The fraction of sp³-hybridized carbons (Fsp3) is 0.667. The summed E-state index contributed by atoms with van der Waals surface area (Å²) in [6.45, 7) is 3.44. The molecule has 0 aromatic carbocycles. The van der Waals surface area contributed by atoms with Gasteiger partial charge in [0.25, 0.3) is 0 Å². The van der Waals surface area contributed by atoms with Crippen LogP contribution in [0.4, 0.5) is 0 Å². The number of hydrogen-bond acceptors (Lipinski definition) is 3. The molecule has 2 N–H and O–H groups in total. The summed E-state index contributed by atoms with van der Waals surface area (Å²) < 4.78 is 1.83. The fourth-order valence-corrected chi connectivity index (χ4v) is 0.871. The maximum absolute atomic E-state index is 5.35. The molecule has 4 nitrogen and oxygen atoms in total. The Balaban J connectivity index is 2.70. The molecule has 0 radical (unpaired) electrons. The van der Waals surface area contributed by atoms with Crippen LogP contribution in [0.1, 0.15) is 12.7 Å². The smallest absolute Gasteiger partial charge is 0.138 e. The molecule has 1 aromatic rings. The van der Waals surface area contributed by atoms with E-state index in [0.29, 0.717) is 6.54 Å². The van der Waals surface area contributed by atoms with Crippen molar-refractivity contribution in [3.05, 3.63) is 12.2 Å². The zero-order valence-electron chi connectivity index (χ0n) is 6.12. The Bertz CT molecular complexity index is 193. The number of rotatable bonds is 3. The maximum atomic E-state index is 5.35.